The number of anilines is 2. The van der Waals surface area contributed by atoms with Crippen LogP contribution >= 0.6 is 11.3 Å². The number of aliphatic hydroxyl groups is 1. The van der Waals surface area contributed by atoms with Gasteiger partial charge in [0.15, 0.2) is 5.76 Å². The van der Waals surface area contributed by atoms with Crippen LogP contribution in [0.5, 0.6) is 0 Å². The summed E-state index contributed by atoms with van der Waals surface area (Å²) < 4.78 is 0. The zero-order valence-corrected chi connectivity index (χ0v) is 20.9. The first kappa shape index (κ1) is 23.7. The number of hydrogen-bond donors (Lipinski definition) is 1. The van der Waals surface area contributed by atoms with E-state index in [0.29, 0.717) is 16.3 Å². The van der Waals surface area contributed by atoms with Gasteiger partial charge in [0.05, 0.1) is 27.2 Å². The predicted octanol–water partition coefficient (Wildman–Crippen LogP) is 5.70. The molecule has 1 atom stereocenters. The summed E-state index contributed by atoms with van der Waals surface area (Å²) in [6.07, 6.45) is 0. The molecule has 0 saturated carbocycles. The van der Waals surface area contributed by atoms with Gasteiger partial charge in [0.1, 0.15) is 0 Å². The summed E-state index contributed by atoms with van der Waals surface area (Å²) in [7, 11) is 0. The minimum atomic E-state index is -0.734. The average Bonchev–Trinajstić information content (AvgIpc) is 3.30. The molecule has 2 heterocycles. The molecule has 0 radical (unpaired) electrons. The molecule has 3 aromatic rings. The third-order valence-electron chi connectivity index (χ3n) is 6.30. The molecule has 0 saturated heterocycles. The number of ketones is 1. The monoisotopic (exact) mass is 475 g/mol. The molecular formula is C27H29N3O3S. The number of amides is 1. The number of nitrogens with zero attached hydrogens (tertiary/aromatic N) is 3. The van der Waals surface area contributed by atoms with E-state index in [0.717, 1.165) is 34.9 Å². The smallest absolute Gasteiger partial charge is 0.294 e. The van der Waals surface area contributed by atoms with Crippen molar-refractivity contribution in [3.8, 4) is 0 Å². The fourth-order valence-corrected chi connectivity index (χ4v) is 5.44. The number of benzene rings is 2. The summed E-state index contributed by atoms with van der Waals surface area (Å²) in [6, 6.07) is 14.6. The molecule has 2 aromatic carbocycles. The van der Waals surface area contributed by atoms with E-state index in [1.807, 2.05) is 62.4 Å². The van der Waals surface area contributed by atoms with Crippen LogP contribution in [0.1, 0.15) is 51.4 Å². The normalized spacial score (nSPS) is 15.9. The third-order valence-corrected chi connectivity index (χ3v) is 7.37. The van der Waals surface area contributed by atoms with Crippen molar-refractivity contribution in [2.45, 2.75) is 40.7 Å². The SMILES string of the molecule is CCN(CC)c1ccc(N2C(=O)C(O)=C(C(=O)c3sc(C)nc3C)C2c2ccccc2C)cc1. The van der Waals surface area contributed by atoms with E-state index in [9.17, 15) is 14.7 Å². The van der Waals surface area contributed by atoms with Crippen molar-refractivity contribution in [3.63, 3.8) is 0 Å². The van der Waals surface area contributed by atoms with Gasteiger partial charge < -0.3 is 10.0 Å². The van der Waals surface area contributed by atoms with Crippen LogP contribution in [0.2, 0.25) is 0 Å². The molecule has 0 spiro atoms. The number of carbonyl (C=O) groups is 2. The minimum Gasteiger partial charge on any atom is -0.503 e. The lowest BCUT2D eigenvalue weighted by molar-refractivity contribution is -0.117. The Labute approximate surface area is 204 Å². The molecular weight excluding hydrogens is 446 g/mol. The lowest BCUT2D eigenvalue weighted by Gasteiger charge is -2.29. The quantitative estimate of drug-likeness (QED) is 0.444. The Morgan fingerprint density at radius 2 is 1.71 bits per heavy atom. The number of hydrogen-bond acceptors (Lipinski definition) is 6. The summed E-state index contributed by atoms with van der Waals surface area (Å²) in [5.41, 5.74) is 4.11. The topological polar surface area (TPSA) is 73.7 Å². The number of thiazole rings is 1. The molecule has 1 amide bonds. The Balaban J connectivity index is 1.85. The first-order valence-electron chi connectivity index (χ1n) is 11.4. The van der Waals surface area contributed by atoms with Gasteiger partial charge in [0.2, 0.25) is 5.78 Å². The van der Waals surface area contributed by atoms with Gasteiger partial charge >= 0.3 is 0 Å². The number of aliphatic hydroxyl groups excluding tert-OH is 1. The highest BCUT2D eigenvalue weighted by molar-refractivity contribution is 7.14. The summed E-state index contributed by atoms with van der Waals surface area (Å²) in [5, 5.41) is 11.8. The van der Waals surface area contributed by atoms with Crippen LogP contribution in [0.4, 0.5) is 11.4 Å². The Bertz CT molecular complexity index is 1270. The summed E-state index contributed by atoms with van der Waals surface area (Å²) >= 11 is 1.28. The van der Waals surface area contributed by atoms with Gasteiger partial charge in [-0.05, 0) is 70.0 Å². The maximum atomic E-state index is 13.7. The maximum Gasteiger partial charge on any atom is 0.294 e. The van der Waals surface area contributed by atoms with Gasteiger partial charge in [-0.25, -0.2) is 4.98 Å². The molecule has 1 aliphatic heterocycles. The Kier molecular flexibility index (Phi) is 6.57. The van der Waals surface area contributed by atoms with Crippen molar-refractivity contribution < 1.29 is 14.7 Å². The molecule has 34 heavy (non-hydrogen) atoms. The van der Waals surface area contributed by atoms with Crippen LogP contribution in [-0.2, 0) is 4.79 Å². The maximum absolute atomic E-state index is 13.7. The standard InChI is InChI=1S/C27H29N3O3S/c1-6-29(7-2)19-12-14-20(15-13-19)30-23(21-11-9-8-10-16(21)3)22(25(32)27(30)33)24(31)26-17(4)28-18(5)34-26/h8-15,23,32H,6-7H2,1-5H3. The van der Waals surface area contributed by atoms with Gasteiger partial charge in [0.25, 0.3) is 5.91 Å². The fourth-order valence-electron chi connectivity index (χ4n) is 4.57. The number of rotatable bonds is 7. The highest BCUT2D eigenvalue weighted by atomic mass is 32.1. The lowest BCUT2D eigenvalue weighted by Crippen LogP contribution is -2.31. The molecule has 176 valence electrons. The summed E-state index contributed by atoms with van der Waals surface area (Å²) in [5.74, 6) is -1.44. The molecule has 1 N–H and O–H groups in total. The predicted molar refractivity (Wildman–Crippen MR) is 137 cm³/mol. The zero-order chi connectivity index (χ0) is 24.6. The van der Waals surface area contributed by atoms with E-state index in [1.54, 1.807) is 6.92 Å². The first-order chi connectivity index (χ1) is 16.3. The van der Waals surface area contributed by atoms with Crippen LogP contribution in [0.3, 0.4) is 0 Å². The second-order valence-electron chi connectivity index (χ2n) is 8.36. The molecule has 4 rings (SSSR count). The van der Waals surface area contributed by atoms with Crippen molar-refractivity contribution in [2.24, 2.45) is 0 Å². The highest BCUT2D eigenvalue weighted by Gasteiger charge is 2.45. The van der Waals surface area contributed by atoms with E-state index >= 15 is 0 Å². The van der Waals surface area contributed by atoms with Crippen molar-refractivity contribution in [1.29, 1.82) is 0 Å². The third kappa shape index (κ3) is 4.01. The van der Waals surface area contributed by atoms with Crippen molar-refractivity contribution >= 4 is 34.4 Å². The van der Waals surface area contributed by atoms with Crippen LogP contribution < -0.4 is 9.80 Å². The van der Waals surface area contributed by atoms with Crippen LogP contribution in [0, 0.1) is 20.8 Å². The largest absolute Gasteiger partial charge is 0.503 e. The van der Waals surface area contributed by atoms with Gasteiger partial charge in [0, 0.05) is 24.5 Å². The minimum absolute atomic E-state index is 0.0962. The van der Waals surface area contributed by atoms with E-state index in [1.165, 1.54) is 16.2 Å². The Hall–Kier alpha value is -3.45. The number of aryl methyl sites for hydroxylation is 3. The molecule has 0 bridgehead atoms. The molecule has 0 aliphatic carbocycles. The number of carbonyl (C=O) groups excluding carboxylic acids is 2. The molecule has 0 fully saturated rings. The second kappa shape index (κ2) is 9.43. The average molecular weight is 476 g/mol. The lowest BCUT2D eigenvalue weighted by atomic mass is 9.92. The van der Waals surface area contributed by atoms with E-state index < -0.39 is 17.7 Å². The van der Waals surface area contributed by atoms with Crippen molar-refractivity contribution in [2.75, 3.05) is 22.9 Å². The number of aromatic nitrogens is 1. The first-order valence-corrected chi connectivity index (χ1v) is 12.3. The molecule has 1 unspecified atom stereocenters. The van der Waals surface area contributed by atoms with Gasteiger partial charge in [-0.2, -0.15) is 0 Å². The van der Waals surface area contributed by atoms with Gasteiger partial charge in [-0.1, -0.05) is 24.3 Å². The van der Waals surface area contributed by atoms with Crippen LogP contribution in [-0.4, -0.2) is 34.9 Å². The molecule has 1 aliphatic rings. The Morgan fingerprint density at radius 3 is 2.26 bits per heavy atom. The second-order valence-corrected chi connectivity index (χ2v) is 9.56. The van der Waals surface area contributed by atoms with Crippen molar-refractivity contribution in [3.05, 3.63) is 86.6 Å². The van der Waals surface area contributed by atoms with Crippen LogP contribution in [0.15, 0.2) is 59.9 Å². The summed E-state index contributed by atoms with van der Waals surface area (Å²) in [6.45, 7) is 11.5. The Morgan fingerprint density at radius 1 is 1.06 bits per heavy atom. The number of Topliss-reactive ketones (excluding diaryl/α,β-unsaturated/α-hetero) is 1. The molecule has 6 nitrogen and oxygen atoms in total. The van der Waals surface area contributed by atoms with Crippen LogP contribution in [0.25, 0.3) is 0 Å². The fraction of sp³-hybridized carbons (Fsp3) is 0.296. The highest BCUT2D eigenvalue weighted by Crippen LogP contribution is 2.43. The molecule has 7 heteroatoms. The van der Waals surface area contributed by atoms with Gasteiger partial charge in [-0.15, -0.1) is 11.3 Å². The van der Waals surface area contributed by atoms with E-state index in [2.05, 4.69) is 23.7 Å². The van der Waals surface area contributed by atoms with E-state index in [-0.39, 0.29) is 11.4 Å². The van der Waals surface area contributed by atoms with Gasteiger partial charge in [-0.3, -0.25) is 14.5 Å². The summed E-state index contributed by atoms with van der Waals surface area (Å²) in [4.78, 5) is 35.7. The zero-order valence-electron chi connectivity index (χ0n) is 20.1. The molecule has 1 aromatic heterocycles. The van der Waals surface area contributed by atoms with Crippen molar-refractivity contribution in [1.82, 2.24) is 4.98 Å². The van der Waals surface area contributed by atoms with E-state index in [4.69, 9.17) is 0 Å².